The maximum absolute atomic E-state index is 12.3. The molecule has 1 amide bonds. The number of nitrogens with zero attached hydrogens (tertiary/aromatic N) is 3. The van der Waals surface area contributed by atoms with Crippen LogP contribution in [0.2, 0.25) is 0 Å². The molecular weight excluding hydrogens is 254 g/mol. The van der Waals surface area contributed by atoms with Crippen LogP contribution in [0, 0.1) is 5.41 Å². The molecule has 1 aliphatic carbocycles. The van der Waals surface area contributed by atoms with Gasteiger partial charge in [-0.1, -0.05) is 6.42 Å². The molecular formula is C14H23N5O. The Morgan fingerprint density at radius 3 is 2.90 bits per heavy atom. The SMILES string of the molecule is CC(NC(=O)C1(CN)CC1)c1nnc2n1CCCCC2. The second-order valence-electron chi connectivity index (χ2n) is 6.12. The topological polar surface area (TPSA) is 85.8 Å². The molecule has 1 aromatic rings. The van der Waals surface area contributed by atoms with Crippen molar-refractivity contribution in [1.82, 2.24) is 20.1 Å². The highest BCUT2D eigenvalue weighted by atomic mass is 16.2. The molecule has 2 aliphatic rings. The summed E-state index contributed by atoms with van der Waals surface area (Å²) in [6, 6.07) is -0.106. The van der Waals surface area contributed by atoms with Gasteiger partial charge in [0.15, 0.2) is 5.82 Å². The van der Waals surface area contributed by atoms with E-state index in [-0.39, 0.29) is 17.4 Å². The first kappa shape index (κ1) is 13.5. The number of fused-ring (bicyclic) bond motifs is 1. The Hall–Kier alpha value is -1.43. The summed E-state index contributed by atoms with van der Waals surface area (Å²) >= 11 is 0. The van der Waals surface area contributed by atoms with Crippen molar-refractivity contribution < 1.29 is 4.79 Å². The van der Waals surface area contributed by atoms with Gasteiger partial charge in [-0.15, -0.1) is 10.2 Å². The first-order valence-corrected chi connectivity index (χ1v) is 7.59. The number of nitrogens with two attached hydrogens (primary N) is 1. The van der Waals surface area contributed by atoms with Gasteiger partial charge in [-0.05, 0) is 32.6 Å². The van der Waals surface area contributed by atoms with Crippen LogP contribution in [0.5, 0.6) is 0 Å². The monoisotopic (exact) mass is 277 g/mol. The molecule has 2 heterocycles. The zero-order chi connectivity index (χ0) is 14.2. The third-order valence-electron chi connectivity index (χ3n) is 4.60. The predicted molar refractivity (Wildman–Crippen MR) is 74.9 cm³/mol. The van der Waals surface area contributed by atoms with Crippen LogP contribution in [0.4, 0.5) is 0 Å². The Balaban J connectivity index is 1.73. The van der Waals surface area contributed by atoms with Gasteiger partial charge in [-0.3, -0.25) is 4.79 Å². The Labute approximate surface area is 119 Å². The molecule has 0 bridgehead atoms. The van der Waals surface area contributed by atoms with Crippen LogP contribution in [-0.2, 0) is 17.8 Å². The van der Waals surface area contributed by atoms with Gasteiger partial charge in [0.2, 0.25) is 5.91 Å². The number of aryl methyl sites for hydroxylation is 1. The van der Waals surface area contributed by atoms with Gasteiger partial charge in [0.05, 0.1) is 11.5 Å². The number of aromatic nitrogens is 3. The number of nitrogens with one attached hydrogen (secondary N) is 1. The average molecular weight is 277 g/mol. The second-order valence-corrected chi connectivity index (χ2v) is 6.12. The normalized spacial score (nSPS) is 21.7. The van der Waals surface area contributed by atoms with Crippen molar-refractivity contribution in [3.63, 3.8) is 0 Å². The molecule has 1 aromatic heterocycles. The zero-order valence-corrected chi connectivity index (χ0v) is 12.1. The first-order valence-electron chi connectivity index (χ1n) is 7.59. The standard InChI is InChI=1S/C14H23N5O/c1-10(16-13(20)14(9-15)6-7-14)12-18-17-11-5-3-2-4-8-19(11)12/h10H,2-9,15H2,1H3,(H,16,20). The summed E-state index contributed by atoms with van der Waals surface area (Å²) in [5, 5.41) is 11.6. The number of carbonyl (C=O) groups excluding carboxylic acids is 1. The predicted octanol–water partition coefficient (Wildman–Crippen LogP) is 0.921. The number of carbonyl (C=O) groups is 1. The van der Waals surface area contributed by atoms with Crippen LogP contribution in [-0.4, -0.2) is 27.2 Å². The molecule has 1 atom stereocenters. The van der Waals surface area contributed by atoms with Crippen LogP contribution < -0.4 is 11.1 Å². The smallest absolute Gasteiger partial charge is 0.228 e. The Kier molecular flexibility index (Phi) is 3.50. The molecule has 0 radical (unpaired) electrons. The first-order chi connectivity index (χ1) is 9.66. The maximum Gasteiger partial charge on any atom is 0.228 e. The molecule has 1 fully saturated rings. The van der Waals surface area contributed by atoms with E-state index in [4.69, 9.17) is 5.73 Å². The summed E-state index contributed by atoms with van der Waals surface area (Å²) in [5.74, 6) is 2.00. The Morgan fingerprint density at radius 1 is 1.40 bits per heavy atom. The Morgan fingerprint density at radius 2 is 2.20 bits per heavy atom. The van der Waals surface area contributed by atoms with Gasteiger partial charge >= 0.3 is 0 Å². The van der Waals surface area contributed by atoms with Crippen LogP contribution in [0.25, 0.3) is 0 Å². The lowest BCUT2D eigenvalue weighted by Crippen LogP contribution is -2.38. The highest BCUT2D eigenvalue weighted by molar-refractivity contribution is 5.85. The fraction of sp³-hybridized carbons (Fsp3) is 0.786. The summed E-state index contributed by atoms with van der Waals surface area (Å²) in [4.78, 5) is 12.3. The lowest BCUT2D eigenvalue weighted by molar-refractivity contribution is -0.126. The van der Waals surface area contributed by atoms with Crippen molar-refractivity contribution in [3.8, 4) is 0 Å². The van der Waals surface area contributed by atoms with E-state index in [9.17, 15) is 4.79 Å². The van der Waals surface area contributed by atoms with Crippen molar-refractivity contribution in [3.05, 3.63) is 11.6 Å². The second kappa shape index (κ2) is 5.16. The highest BCUT2D eigenvalue weighted by Gasteiger charge is 2.48. The molecule has 6 nitrogen and oxygen atoms in total. The minimum Gasteiger partial charge on any atom is -0.346 e. The third-order valence-corrected chi connectivity index (χ3v) is 4.60. The minimum atomic E-state index is -0.310. The fourth-order valence-electron chi connectivity index (χ4n) is 2.92. The number of amides is 1. The fourth-order valence-corrected chi connectivity index (χ4v) is 2.92. The lowest BCUT2D eigenvalue weighted by atomic mass is 10.1. The lowest BCUT2D eigenvalue weighted by Gasteiger charge is -2.19. The number of hydrogen-bond acceptors (Lipinski definition) is 4. The summed E-state index contributed by atoms with van der Waals surface area (Å²) in [5.41, 5.74) is 5.39. The van der Waals surface area contributed by atoms with E-state index in [2.05, 4.69) is 20.1 Å². The maximum atomic E-state index is 12.3. The number of rotatable bonds is 4. The third kappa shape index (κ3) is 2.32. The summed E-state index contributed by atoms with van der Waals surface area (Å²) < 4.78 is 2.18. The largest absolute Gasteiger partial charge is 0.346 e. The van der Waals surface area contributed by atoms with Crippen LogP contribution in [0.3, 0.4) is 0 Å². The quantitative estimate of drug-likeness (QED) is 0.857. The van der Waals surface area contributed by atoms with Crippen LogP contribution >= 0.6 is 0 Å². The number of hydrogen-bond donors (Lipinski definition) is 2. The van der Waals surface area contributed by atoms with Crippen molar-refractivity contribution in [2.24, 2.45) is 11.1 Å². The van der Waals surface area contributed by atoms with Gasteiger partial charge in [-0.25, -0.2) is 0 Å². The van der Waals surface area contributed by atoms with Gasteiger partial charge in [0.1, 0.15) is 5.82 Å². The molecule has 1 unspecified atom stereocenters. The van der Waals surface area contributed by atoms with Crippen molar-refractivity contribution >= 4 is 5.91 Å². The molecule has 6 heteroatoms. The highest BCUT2D eigenvalue weighted by Crippen LogP contribution is 2.45. The van der Waals surface area contributed by atoms with E-state index in [0.717, 1.165) is 43.9 Å². The molecule has 0 aromatic carbocycles. The van der Waals surface area contributed by atoms with E-state index >= 15 is 0 Å². The van der Waals surface area contributed by atoms with E-state index in [1.807, 2.05) is 6.92 Å². The van der Waals surface area contributed by atoms with Gasteiger partial charge in [-0.2, -0.15) is 0 Å². The molecule has 20 heavy (non-hydrogen) atoms. The van der Waals surface area contributed by atoms with Crippen molar-refractivity contribution in [2.75, 3.05) is 6.54 Å². The minimum absolute atomic E-state index is 0.0680. The molecule has 3 N–H and O–H groups in total. The van der Waals surface area contributed by atoms with Gasteiger partial charge < -0.3 is 15.6 Å². The van der Waals surface area contributed by atoms with E-state index in [0.29, 0.717) is 6.54 Å². The zero-order valence-electron chi connectivity index (χ0n) is 12.1. The van der Waals surface area contributed by atoms with Crippen molar-refractivity contribution in [1.29, 1.82) is 0 Å². The van der Waals surface area contributed by atoms with Crippen molar-refractivity contribution in [2.45, 2.75) is 58.0 Å². The van der Waals surface area contributed by atoms with E-state index in [1.165, 1.54) is 12.8 Å². The summed E-state index contributed by atoms with van der Waals surface area (Å²) in [6.45, 7) is 3.37. The summed E-state index contributed by atoms with van der Waals surface area (Å²) in [7, 11) is 0. The van der Waals surface area contributed by atoms with Gasteiger partial charge in [0, 0.05) is 19.5 Å². The molecule has 0 saturated heterocycles. The van der Waals surface area contributed by atoms with E-state index in [1.54, 1.807) is 0 Å². The molecule has 3 rings (SSSR count). The molecule has 110 valence electrons. The molecule has 0 spiro atoms. The van der Waals surface area contributed by atoms with Crippen LogP contribution in [0.1, 0.15) is 56.7 Å². The average Bonchev–Trinajstić information content (AvgIpc) is 3.20. The molecule has 1 saturated carbocycles. The summed E-state index contributed by atoms with van der Waals surface area (Å²) in [6.07, 6.45) is 6.36. The van der Waals surface area contributed by atoms with Gasteiger partial charge in [0.25, 0.3) is 0 Å². The van der Waals surface area contributed by atoms with Crippen LogP contribution in [0.15, 0.2) is 0 Å². The van der Waals surface area contributed by atoms with E-state index < -0.39 is 0 Å². The Bertz CT molecular complexity index is 506. The molecule has 1 aliphatic heterocycles.